The molecule has 1 heterocycles. The van der Waals surface area contributed by atoms with E-state index >= 15 is 0 Å². The molecule has 0 radical (unpaired) electrons. The molecule has 0 spiro atoms. The van der Waals surface area contributed by atoms with Crippen LogP contribution in [-0.2, 0) is 10.0 Å². The standard InChI is InChI=1S/C10H20N2O2S/c1-4-9-15(13,14)12-7-5-10(2,11-3)6-8-12/h4,11H,1,5-9H2,2-3H3. The van der Waals surface area contributed by atoms with Crippen molar-refractivity contribution in [1.82, 2.24) is 9.62 Å². The van der Waals surface area contributed by atoms with Crippen molar-refractivity contribution in [3.63, 3.8) is 0 Å². The highest BCUT2D eigenvalue weighted by Gasteiger charge is 2.32. The van der Waals surface area contributed by atoms with Crippen LogP contribution in [-0.4, -0.2) is 44.2 Å². The molecule has 1 rings (SSSR count). The van der Waals surface area contributed by atoms with Gasteiger partial charge in [-0.2, -0.15) is 0 Å². The van der Waals surface area contributed by atoms with E-state index in [0.717, 1.165) is 12.8 Å². The maximum atomic E-state index is 11.7. The third-order valence-electron chi connectivity index (χ3n) is 3.15. The van der Waals surface area contributed by atoms with Gasteiger partial charge in [-0.05, 0) is 26.8 Å². The number of sulfonamides is 1. The third kappa shape index (κ3) is 3.03. The molecule has 0 aliphatic carbocycles. The van der Waals surface area contributed by atoms with E-state index in [1.165, 1.54) is 6.08 Å². The highest BCUT2D eigenvalue weighted by molar-refractivity contribution is 7.89. The molecule has 0 aromatic heterocycles. The van der Waals surface area contributed by atoms with Crippen LogP contribution < -0.4 is 5.32 Å². The Morgan fingerprint density at radius 1 is 1.47 bits per heavy atom. The van der Waals surface area contributed by atoms with Gasteiger partial charge < -0.3 is 5.32 Å². The van der Waals surface area contributed by atoms with Crippen LogP contribution in [0.2, 0.25) is 0 Å². The van der Waals surface area contributed by atoms with E-state index in [1.54, 1.807) is 4.31 Å². The van der Waals surface area contributed by atoms with Crippen molar-refractivity contribution in [1.29, 1.82) is 0 Å². The second-order valence-corrected chi connectivity index (χ2v) is 6.29. The number of rotatable bonds is 4. The van der Waals surface area contributed by atoms with Gasteiger partial charge in [0.15, 0.2) is 0 Å². The number of hydrogen-bond acceptors (Lipinski definition) is 3. The predicted octanol–water partition coefficient (Wildman–Crippen LogP) is 0.576. The smallest absolute Gasteiger partial charge is 0.217 e. The van der Waals surface area contributed by atoms with Gasteiger partial charge in [0.05, 0.1) is 5.75 Å². The van der Waals surface area contributed by atoms with Gasteiger partial charge in [-0.15, -0.1) is 6.58 Å². The summed E-state index contributed by atoms with van der Waals surface area (Å²) in [6.07, 6.45) is 3.17. The van der Waals surface area contributed by atoms with E-state index in [0.29, 0.717) is 13.1 Å². The molecule has 1 N–H and O–H groups in total. The van der Waals surface area contributed by atoms with Crippen LogP contribution in [0.4, 0.5) is 0 Å². The minimum Gasteiger partial charge on any atom is -0.314 e. The normalized spacial score (nSPS) is 22.5. The molecule has 0 unspecified atom stereocenters. The molecule has 1 saturated heterocycles. The van der Waals surface area contributed by atoms with Crippen LogP contribution in [0, 0.1) is 0 Å². The Morgan fingerprint density at radius 3 is 2.40 bits per heavy atom. The minimum atomic E-state index is -3.10. The zero-order chi connectivity index (χ0) is 11.5. The van der Waals surface area contributed by atoms with Crippen LogP contribution in [0.15, 0.2) is 12.7 Å². The zero-order valence-electron chi connectivity index (χ0n) is 9.49. The van der Waals surface area contributed by atoms with E-state index in [4.69, 9.17) is 0 Å². The highest BCUT2D eigenvalue weighted by Crippen LogP contribution is 2.23. The van der Waals surface area contributed by atoms with E-state index < -0.39 is 10.0 Å². The minimum absolute atomic E-state index is 0.0449. The topological polar surface area (TPSA) is 49.4 Å². The van der Waals surface area contributed by atoms with Gasteiger partial charge >= 0.3 is 0 Å². The number of hydrogen-bond donors (Lipinski definition) is 1. The molecule has 0 aromatic carbocycles. The summed E-state index contributed by atoms with van der Waals surface area (Å²) in [6.45, 7) is 6.81. The molecule has 1 fully saturated rings. The van der Waals surface area contributed by atoms with Crippen LogP contribution in [0.25, 0.3) is 0 Å². The van der Waals surface area contributed by atoms with Gasteiger partial charge in [0.25, 0.3) is 0 Å². The molecular weight excluding hydrogens is 212 g/mol. The molecule has 0 saturated carbocycles. The van der Waals surface area contributed by atoms with Crippen LogP contribution >= 0.6 is 0 Å². The first kappa shape index (κ1) is 12.7. The van der Waals surface area contributed by atoms with Crippen molar-refractivity contribution in [3.8, 4) is 0 Å². The summed E-state index contributed by atoms with van der Waals surface area (Å²) in [6, 6.07) is 0. The Bertz CT molecular complexity index is 316. The van der Waals surface area contributed by atoms with E-state index in [1.807, 2.05) is 7.05 Å². The summed E-state index contributed by atoms with van der Waals surface area (Å²) in [4.78, 5) is 0. The highest BCUT2D eigenvalue weighted by atomic mass is 32.2. The van der Waals surface area contributed by atoms with Gasteiger partial charge in [0, 0.05) is 18.6 Å². The van der Waals surface area contributed by atoms with Crippen molar-refractivity contribution in [2.45, 2.75) is 25.3 Å². The van der Waals surface area contributed by atoms with Crippen LogP contribution in [0.5, 0.6) is 0 Å². The summed E-state index contributed by atoms with van der Waals surface area (Å²) >= 11 is 0. The molecule has 0 bridgehead atoms. The van der Waals surface area contributed by atoms with Gasteiger partial charge in [0.2, 0.25) is 10.0 Å². The molecule has 4 nitrogen and oxygen atoms in total. The maximum Gasteiger partial charge on any atom is 0.217 e. The van der Waals surface area contributed by atoms with Crippen LogP contribution in [0.3, 0.4) is 0 Å². The summed E-state index contributed by atoms with van der Waals surface area (Å²) in [5.74, 6) is 0.0449. The van der Waals surface area contributed by atoms with Crippen molar-refractivity contribution in [2.75, 3.05) is 25.9 Å². The lowest BCUT2D eigenvalue weighted by atomic mass is 9.91. The first-order valence-corrected chi connectivity index (χ1v) is 6.82. The molecular formula is C10H20N2O2S. The lowest BCUT2D eigenvalue weighted by Gasteiger charge is -2.38. The molecule has 5 heteroatoms. The van der Waals surface area contributed by atoms with Crippen molar-refractivity contribution < 1.29 is 8.42 Å². The Morgan fingerprint density at radius 2 is 2.00 bits per heavy atom. The summed E-state index contributed by atoms with van der Waals surface area (Å²) in [5.41, 5.74) is 0.0835. The number of nitrogens with zero attached hydrogens (tertiary/aromatic N) is 1. The molecule has 1 aliphatic heterocycles. The molecule has 15 heavy (non-hydrogen) atoms. The van der Waals surface area contributed by atoms with Gasteiger partial charge in [0.1, 0.15) is 0 Å². The first-order chi connectivity index (χ1) is 6.93. The summed E-state index contributed by atoms with van der Waals surface area (Å²) < 4.78 is 25.0. The van der Waals surface area contributed by atoms with Gasteiger partial charge in [-0.3, -0.25) is 0 Å². The lowest BCUT2D eigenvalue weighted by Crippen LogP contribution is -2.51. The number of nitrogens with one attached hydrogen (secondary N) is 1. The Labute approximate surface area is 92.4 Å². The molecule has 0 aromatic rings. The first-order valence-electron chi connectivity index (χ1n) is 5.21. The monoisotopic (exact) mass is 232 g/mol. The third-order valence-corrected chi connectivity index (χ3v) is 4.96. The second kappa shape index (κ2) is 4.63. The molecule has 0 atom stereocenters. The SMILES string of the molecule is C=CCS(=O)(=O)N1CCC(C)(NC)CC1. The Balaban J connectivity index is 2.61. The van der Waals surface area contributed by atoms with Crippen molar-refractivity contribution in [2.24, 2.45) is 0 Å². The zero-order valence-corrected chi connectivity index (χ0v) is 10.3. The fraction of sp³-hybridized carbons (Fsp3) is 0.800. The van der Waals surface area contributed by atoms with Crippen molar-refractivity contribution >= 4 is 10.0 Å². The Kier molecular flexibility index (Phi) is 3.92. The fourth-order valence-electron chi connectivity index (χ4n) is 1.76. The average molecular weight is 232 g/mol. The van der Waals surface area contributed by atoms with Crippen molar-refractivity contribution in [3.05, 3.63) is 12.7 Å². The molecule has 0 amide bonds. The van der Waals surface area contributed by atoms with E-state index in [9.17, 15) is 8.42 Å². The van der Waals surface area contributed by atoms with Gasteiger partial charge in [-0.25, -0.2) is 12.7 Å². The lowest BCUT2D eigenvalue weighted by molar-refractivity contribution is 0.220. The summed E-state index contributed by atoms with van der Waals surface area (Å²) in [7, 11) is -1.18. The predicted molar refractivity (Wildman–Crippen MR) is 62.3 cm³/mol. The maximum absolute atomic E-state index is 11.7. The Hall–Kier alpha value is -0.390. The van der Waals surface area contributed by atoms with E-state index in [-0.39, 0.29) is 11.3 Å². The molecule has 88 valence electrons. The van der Waals surface area contributed by atoms with Crippen LogP contribution in [0.1, 0.15) is 19.8 Å². The average Bonchev–Trinajstić information content (AvgIpc) is 2.18. The largest absolute Gasteiger partial charge is 0.314 e. The molecule has 1 aliphatic rings. The van der Waals surface area contributed by atoms with E-state index in [2.05, 4.69) is 18.8 Å². The fourth-order valence-corrected chi connectivity index (χ4v) is 3.01. The van der Waals surface area contributed by atoms with Gasteiger partial charge in [-0.1, -0.05) is 6.08 Å². The summed E-state index contributed by atoms with van der Waals surface area (Å²) in [5, 5.41) is 3.24. The second-order valence-electron chi connectivity index (χ2n) is 4.28. The quantitative estimate of drug-likeness (QED) is 0.721. The number of piperidine rings is 1.